The zero-order valence-corrected chi connectivity index (χ0v) is 12.7. The van der Waals surface area contributed by atoms with Crippen LogP contribution in [0.4, 0.5) is 0 Å². The molecule has 0 heterocycles. The molecule has 0 spiro atoms. The van der Waals surface area contributed by atoms with E-state index in [0.29, 0.717) is 5.56 Å². The number of ketones is 1. The number of carbonyl (C=O) groups excluding carboxylic acids is 1. The third-order valence-electron chi connectivity index (χ3n) is 2.33. The largest absolute Gasteiger partial charge is 0.295 e. The second-order valence-electron chi connectivity index (χ2n) is 4.15. The van der Waals surface area contributed by atoms with Crippen molar-refractivity contribution in [2.24, 2.45) is 0 Å². The SMILES string of the molecule is CC(=O)c1cccc(S(=O)(=O)NCCNS(C)(=O)=O)c1. The van der Waals surface area contributed by atoms with Crippen molar-refractivity contribution in [1.29, 1.82) is 0 Å². The number of hydrogen-bond donors (Lipinski definition) is 2. The van der Waals surface area contributed by atoms with Gasteiger partial charge in [-0.15, -0.1) is 0 Å². The van der Waals surface area contributed by atoms with Crippen LogP contribution in [0.5, 0.6) is 0 Å². The molecule has 0 unspecified atom stereocenters. The van der Waals surface area contributed by atoms with Gasteiger partial charge in [-0.25, -0.2) is 26.3 Å². The second-order valence-corrected chi connectivity index (χ2v) is 7.75. The maximum atomic E-state index is 11.9. The van der Waals surface area contributed by atoms with Crippen molar-refractivity contribution in [1.82, 2.24) is 9.44 Å². The molecule has 0 aliphatic heterocycles. The van der Waals surface area contributed by atoms with Gasteiger partial charge in [-0.1, -0.05) is 12.1 Å². The molecule has 2 N–H and O–H groups in total. The predicted octanol–water partition coefficient (Wildman–Crippen LogP) is -0.283. The normalized spacial score (nSPS) is 12.3. The van der Waals surface area contributed by atoms with E-state index in [9.17, 15) is 21.6 Å². The summed E-state index contributed by atoms with van der Waals surface area (Å²) < 4.78 is 49.9. The number of Topliss-reactive ketones (excluding diaryl/α,β-unsaturated/α-hetero) is 1. The summed E-state index contributed by atoms with van der Waals surface area (Å²) in [6.07, 6.45) is 0.984. The van der Waals surface area contributed by atoms with Gasteiger partial charge in [-0.3, -0.25) is 4.79 Å². The van der Waals surface area contributed by atoms with E-state index in [1.165, 1.54) is 31.2 Å². The first-order chi connectivity index (χ1) is 9.12. The molecule has 0 aliphatic carbocycles. The Hall–Kier alpha value is -1.29. The number of rotatable bonds is 7. The van der Waals surface area contributed by atoms with Crippen LogP contribution in [0.3, 0.4) is 0 Å². The van der Waals surface area contributed by atoms with E-state index in [4.69, 9.17) is 0 Å². The van der Waals surface area contributed by atoms with E-state index in [0.717, 1.165) is 6.26 Å². The average molecular weight is 320 g/mol. The Morgan fingerprint density at radius 1 is 1.10 bits per heavy atom. The van der Waals surface area contributed by atoms with Crippen molar-refractivity contribution < 1.29 is 21.6 Å². The molecule has 0 aliphatic rings. The monoisotopic (exact) mass is 320 g/mol. The summed E-state index contributed by atoms with van der Waals surface area (Å²) in [6, 6.07) is 5.63. The van der Waals surface area contributed by atoms with Gasteiger partial charge in [0.05, 0.1) is 11.2 Å². The summed E-state index contributed by atoms with van der Waals surface area (Å²) in [4.78, 5) is 11.2. The van der Waals surface area contributed by atoms with Gasteiger partial charge in [-0.05, 0) is 19.1 Å². The van der Waals surface area contributed by atoms with E-state index in [-0.39, 0.29) is 23.8 Å². The molecule has 0 saturated carbocycles. The third kappa shape index (κ3) is 5.37. The first-order valence-electron chi connectivity index (χ1n) is 5.67. The molecule has 1 aromatic carbocycles. The summed E-state index contributed by atoms with van der Waals surface area (Å²) in [5.74, 6) is -0.235. The fraction of sp³-hybridized carbons (Fsp3) is 0.364. The zero-order chi connectivity index (χ0) is 15.4. The molecule has 1 aromatic rings. The van der Waals surface area contributed by atoms with Crippen LogP contribution >= 0.6 is 0 Å². The van der Waals surface area contributed by atoms with Gasteiger partial charge in [0.15, 0.2) is 5.78 Å². The summed E-state index contributed by atoms with van der Waals surface area (Å²) in [5, 5.41) is 0. The van der Waals surface area contributed by atoms with Crippen molar-refractivity contribution in [2.45, 2.75) is 11.8 Å². The lowest BCUT2D eigenvalue weighted by Crippen LogP contribution is -2.34. The molecule has 0 bridgehead atoms. The highest BCUT2D eigenvalue weighted by Gasteiger charge is 2.14. The number of nitrogens with one attached hydrogen (secondary N) is 2. The molecule has 7 nitrogen and oxygen atoms in total. The second kappa shape index (κ2) is 6.44. The van der Waals surface area contributed by atoms with Gasteiger partial charge >= 0.3 is 0 Å². The molecule has 112 valence electrons. The molecule has 0 atom stereocenters. The molecule has 0 radical (unpaired) electrons. The number of benzene rings is 1. The molecule has 0 amide bonds. The van der Waals surface area contributed by atoms with Crippen LogP contribution < -0.4 is 9.44 Å². The zero-order valence-electron chi connectivity index (χ0n) is 11.1. The summed E-state index contributed by atoms with van der Waals surface area (Å²) >= 11 is 0. The van der Waals surface area contributed by atoms with Crippen molar-refractivity contribution in [2.75, 3.05) is 19.3 Å². The van der Waals surface area contributed by atoms with Crippen LogP contribution in [0.1, 0.15) is 17.3 Å². The van der Waals surface area contributed by atoms with Gasteiger partial charge in [-0.2, -0.15) is 0 Å². The fourth-order valence-electron chi connectivity index (χ4n) is 1.39. The smallest absolute Gasteiger partial charge is 0.240 e. The Kier molecular flexibility index (Phi) is 5.40. The van der Waals surface area contributed by atoms with Gasteiger partial charge in [0.2, 0.25) is 20.0 Å². The minimum atomic E-state index is -3.77. The molecular weight excluding hydrogens is 304 g/mol. The minimum Gasteiger partial charge on any atom is -0.295 e. The summed E-state index contributed by atoms with van der Waals surface area (Å²) in [7, 11) is -7.13. The van der Waals surface area contributed by atoms with Crippen LogP contribution in [-0.2, 0) is 20.0 Å². The van der Waals surface area contributed by atoms with E-state index in [2.05, 4.69) is 9.44 Å². The van der Waals surface area contributed by atoms with E-state index >= 15 is 0 Å². The molecule has 0 aromatic heterocycles. The first kappa shape index (κ1) is 16.8. The number of hydrogen-bond acceptors (Lipinski definition) is 5. The maximum Gasteiger partial charge on any atom is 0.240 e. The Bertz CT molecular complexity index is 695. The number of sulfonamides is 2. The minimum absolute atomic E-state index is 0.0374. The van der Waals surface area contributed by atoms with Gasteiger partial charge in [0.1, 0.15) is 0 Å². The summed E-state index contributed by atoms with van der Waals surface area (Å²) in [5.41, 5.74) is 0.294. The van der Waals surface area contributed by atoms with E-state index in [1.54, 1.807) is 0 Å². The van der Waals surface area contributed by atoms with E-state index < -0.39 is 20.0 Å². The van der Waals surface area contributed by atoms with Crippen LogP contribution in [-0.4, -0.2) is 42.0 Å². The van der Waals surface area contributed by atoms with Gasteiger partial charge in [0, 0.05) is 18.7 Å². The Balaban J connectivity index is 2.74. The van der Waals surface area contributed by atoms with Gasteiger partial charge < -0.3 is 0 Å². The topological polar surface area (TPSA) is 109 Å². The summed E-state index contributed by atoms with van der Waals surface area (Å²) in [6.45, 7) is 1.21. The standard InChI is InChI=1S/C11H16N2O5S2/c1-9(14)10-4-3-5-11(8-10)20(17,18)13-7-6-12-19(2,15)16/h3-5,8,12-13H,6-7H2,1-2H3. The van der Waals surface area contributed by atoms with Crippen LogP contribution in [0.2, 0.25) is 0 Å². The molecule has 9 heteroatoms. The third-order valence-corrected chi connectivity index (χ3v) is 4.52. The molecule has 0 saturated heterocycles. The fourth-order valence-corrected chi connectivity index (χ4v) is 2.94. The Morgan fingerprint density at radius 2 is 1.70 bits per heavy atom. The molecule has 1 rings (SSSR count). The predicted molar refractivity (Wildman–Crippen MR) is 74.5 cm³/mol. The highest BCUT2D eigenvalue weighted by atomic mass is 32.2. The van der Waals surface area contributed by atoms with Crippen LogP contribution in [0, 0.1) is 0 Å². The lowest BCUT2D eigenvalue weighted by Gasteiger charge is -2.08. The Labute approximate surface area is 118 Å². The highest BCUT2D eigenvalue weighted by molar-refractivity contribution is 7.89. The van der Waals surface area contributed by atoms with Crippen molar-refractivity contribution in [3.05, 3.63) is 29.8 Å². The molecule has 20 heavy (non-hydrogen) atoms. The molecule has 0 fully saturated rings. The van der Waals surface area contributed by atoms with Crippen molar-refractivity contribution in [3.63, 3.8) is 0 Å². The van der Waals surface area contributed by atoms with Crippen molar-refractivity contribution in [3.8, 4) is 0 Å². The molecular formula is C11H16N2O5S2. The lowest BCUT2D eigenvalue weighted by molar-refractivity contribution is 0.101. The first-order valence-corrected chi connectivity index (χ1v) is 9.04. The average Bonchev–Trinajstić information content (AvgIpc) is 2.34. The quantitative estimate of drug-likeness (QED) is 0.530. The van der Waals surface area contributed by atoms with Crippen LogP contribution in [0.15, 0.2) is 29.2 Å². The Morgan fingerprint density at radius 3 is 2.25 bits per heavy atom. The highest BCUT2D eigenvalue weighted by Crippen LogP contribution is 2.11. The maximum absolute atomic E-state index is 11.9. The van der Waals surface area contributed by atoms with Crippen molar-refractivity contribution >= 4 is 25.8 Å². The number of carbonyl (C=O) groups is 1. The van der Waals surface area contributed by atoms with Gasteiger partial charge in [0.25, 0.3) is 0 Å². The lowest BCUT2D eigenvalue weighted by atomic mass is 10.2. The van der Waals surface area contributed by atoms with E-state index in [1.807, 2.05) is 0 Å². The van der Waals surface area contributed by atoms with Crippen LogP contribution in [0.25, 0.3) is 0 Å².